The molecule has 0 saturated heterocycles. The predicted octanol–water partition coefficient (Wildman–Crippen LogP) is 1.70. The van der Waals surface area contributed by atoms with Crippen LogP contribution in [0.1, 0.15) is 44.9 Å². The minimum Gasteiger partial charge on any atom is -0.396 e. The SMILES string of the molecule is OCCCC1(O)CC2CCC1CC2. The van der Waals surface area contributed by atoms with Gasteiger partial charge in [-0.1, -0.05) is 0 Å². The quantitative estimate of drug-likeness (QED) is 0.701. The van der Waals surface area contributed by atoms with E-state index in [9.17, 15) is 5.11 Å². The van der Waals surface area contributed by atoms with Crippen molar-refractivity contribution in [2.45, 2.75) is 50.5 Å². The molecule has 2 bridgehead atoms. The molecule has 0 aromatic heterocycles. The molecule has 3 aliphatic carbocycles. The average molecular weight is 184 g/mol. The van der Waals surface area contributed by atoms with E-state index in [2.05, 4.69) is 0 Å². The van der Waals surface area contributed by atoms with E-state index >= 15 is 0 Å². The number of aliphatic hydroxyl groups excluding tert-OH is 1. The van der Waals surface area contributed by atoms with Crippen LogP contribution < -0.4 is 0 Å². The van der Waals surface area contributed by atoms with Gasteiger partial charge in [-0.3, -0.25) is 0 Å². The first kappa shape index (κ1) is 9.47. The summed E-state index contributed by atoms with van der Waals surface area (Å²) >= 11 is 0. The van der Waals surface area contributed by atoms with Crippen LogP contribution >= 0.6 is 0 Å². The van der Waals surface area contributed by atoms with Gasteiger partial charge in [-0.05, 0) is 56.8 Å². The number of rotatable bonds is 3. The molecule has 3 saturated carbocycles. The van der Waals surface area contributed by atoms with E-state index in [0.29, 0.717) is 5.92 Å². The van der Waals surface area contributed by atoms with Gasteiger partial charge >= 0.3 is 0 Å². The van der Waals surface area contributed by atoms with Crippen molar-refractivity contribution in [1.29, 1.82) is 0 Å². The molecule has 0 spiro atoms. The van der Waals surface area contributed by atoms with Crippen molar-refractivity contribution >= 4 is 0 Å². The molecule has 3 rings (SSSR count). The van der Waals surface area contributed by atoms with Crippen molar-refractivity contribution < 1.29 is 10.2 Å². The maximum absolute atomic E-state index is 10.4. The monoisotopic (exact) mass is 184 g/mol. The van der Waals surface area contributed by atoms with Gasteiger partial charge in [-0.25, -0.2) is 0 Å². The molecule has 3 aliphatic rings. The van der Waals surface area contributed by atoms with E-state index < -0.39 is 5.60 Å². The molecule has 0 aromatic rings. The summed E-state index contributed by atoms with van der Waals surface area (Å²) in [7, 11) is 0. The van der Waals surface area contributed by atoms with Crippen molar-refractivity contribution in [3.05, 3.63) is 0 Å². The molecule has 2 nitrogen and oxygen atoms in total. The second-order valence-electron chi connectivity index (χ2n) is 4.85. The van der Waals surface area contributed by atoms with Gasteiger partial charge in [-0.2, -0.15) is 0 Å². The van der Waals surface area contributed by atoms with Gasteiger partial charge in [0.15, 0.2) is 0 Å². The molecule has 3 fully saturated rings. The Morgan fingerprint density at radius 3 is 2.31 bits per heavy atom. The number of fused-ring (bicyclic) bond motifs is 3. The lowest BCUT2D eigenvalue weighted by Crippen LogP contribution is -2.47. The van der Waals surface area contributed by atoms with Gasteiger partial charge in [0.25, 0.3) is 0 Å². The normalized spacial score (nSPS) is 43.8. The summed E-state index contributed by atoms with van der Waals surface area (Å²) < 4.78 is 0. The van der Waals surface area contributed by atoms with Crippen molar-refractivity contribution in [1.82, 2.24) is 0 Å². The van der Waals surface area contributed by atoms with Crippen LogP contribution in [0.25, 0.3) is 0 Å². The maximum atomic E-state index is 10.4. The number of hydrogen-bond acceptors (Lipinski definition) is 2. The molecule has 0 aliphatic heterocycles. The van der Waals surface area contributed by atoms with Gasteiger partial charge in [0.2, 0.25) is 0 Å². The first-order chi connectivity index (χ1) is 6.24. The summed E-state index contributed by atoms with van der Waals surface area (Å²) in [5.74, 6) is 1.30. The van der Waals surface area contributed by atoms with Gasteiger partial charge in [0, 0.05) is 6.61 Å². The zero-order valence-electron chi connectivity index (χ0n) is 8.21. The standard InChI is InChI=1S/C11H20O2/c12-7-1-6-11(13)8-9-2-4-10(11)5-3-9/h9-10,12-13H,1-8H2. The predicted molar refractivity (Wildman–Crippen MR) is 51.3 cm³/mol. The molecule has 2 heteroatoms. The third kappa shape index (κ3) is 1.75. The average Bonchev–Trinajstić information content (AvgIpc) is 2.16. The van der Waals surface area contributed by atoms with E-state index in [4.69, 9.17) is 5.11 Å². The molecule has 76 valence electrons. The van der Waals surface area contributed by atoms with Crippen LogP contribution in [0.4, 0.5) is 0 Å². The summed E-state index contributed by atoms with van der Waals surface area (Å²) in [6.07, 6.45) is 7.65. The van der Waals surface area contributed by atoms with Crippen LogP contribution in [0.5, 0.6) is 0 Å². The largest absolute Gasteiger partial charge is 0.396 e. The van der Waals surface area contributed by atoms with Crippen molar-refractivity contribution in [2.24, 2.45) is 11.8 Å². The Bertz CT molecular complexity index is 173. The van der Waals surface area contributed by atoms with Gasteiger partial charge in [-0.15, -0.1) is 0 Å². The number of hydrogen-bond donors (Lipinski definition) is 2. The van der Waals surface area contributed by atoms with Gasteiger partial charge in [0.1, 0.15) is 0 Å². The third-order valence-corrected chi connectivity index (χ3v) is 4.02. The molecule has 0 heterocycles. The molecule has 13 heavy (non-hydrogen) atoms. The second-order valence-corrected chi connectivity index (χ2v) is 4.85. The summed E-state index contributed by atoms with van der Waals surface area (Å²) in [6.45, 7) is 0.222. The van der Waals surface area contributed by atoms with E-state index in [0.717, 1.165) is 25.2 Å². The van der Waals surface area contributed by atoms with E-state index in [1.807, 2.05) is 0 Å². The Labute approximate surface area is 80.0 Å². The van der Waals surface area contributed by atoms with Gasteiger partial charge in [0.05, 0.1) is 5.60 Å². The Hall–Kier alpha value is -0.0800. The second kappa shape index (κ2) is 3.58. The summed E-state index contributed by atoms with van der Waals surface area (Å²) in [5, 5.41) is 19.2. The van der Waals surface area contributed by atoms with Crippen LogP contribution in [0.2, 0.25) is 0 Å². The van der Waals surface area contributed by atoms with Crippen molar-refractivity contribution in [3.8, 4) is 0 Å². The summed E-state index contributed by atoms with van der Waals surface area (Å²) in [6, 6.07) is 0. The van der Waals surface area contributed by atoms with Crippen LogP contribution in [0.15, 0.2) is 0 Å². The molecule has 1 atom stereocenters. The minimum absolute atomic E-state index is 0.222. The van der Waals surface area contributed by atoms with Crippen LogP contribution in [-0.4, -0.2) is 22.4 Å². The van der Waals surface area contributed by atoms with E-state index in [-0.39, 0.29) is 6.61 Å². The fourth-order valence-electron chi connectivity index (χ4n) is 3.26. The smallest absolute Gasteiger partial charge is 0.0679 e. The summed E-state index contributed by atoms with van der Waals surface area (Å²) in [5.41, 5.74) is -0.413. The minimum atomic E-state index is -0.413. The lowest BCUT2D eigenvalue weighted by atomic mass is 9.61. The Balaban J connectivity index is 1.97. The Kier molecular flexibility index (Phi) is 2.61. The molecular formula is C11H20O2. The van der Waals surface area contributed by atoms with Gasteiger partial charge < -0.3 is 10.2 Å². The lowest BCUT2D eigenvalue weighted by molar-refractivity contribution is -0.105. The first-order valence-electron chi connectivity index (χ1n) is 5.58. The van der Waals surface area contributed by atoms with Crippen LogP contribution in [0.3, 0.4) is 0 Å². The molecule has 2 N–H and O–H groups in total. The fourth-order valence-corrected chi connectivity index (χ4v) is 3.26. The molecule has 0 aromatic carbocycles. The van der Waals surface area contributed by atoms with E-state index in [1.165, 1.54) is 25.7 Å². The highest BCUT2D eigenvalue weighted by atomic mass is 16.3. The number of aliphatic hydroxyl groups is 2. The molecule has 0 amide bonds. The van der Waals surface area contributed by atoms with Crippen LogP contribution in [0, 0.1) is 11.8 Å². The molecular weight excluding hydrogens is 164 g/mol. The molecule has 0 radical (unpaired) electrons. The topological polar surface area (TPSA) is 40.5 Å². The highest BCUT2D eigenvalue weighted by Gasteiger charge is 2.45. The highest BCUT2D eigenvalue weighted by molar-refractivity contribution is 4.97. The first-order valence-corrected chi connectivity index (χ1v) is 5.58. The zero-order chi connectivity index (χ0) is 9.31. The summed E-state index contributed by atoms with van der Waals surface area (Å²) in [4.78, 5) is 0. The molecule has 1 unspecified atom stereocenters. The Morgan fingerprint density at radius 1 is 1.15 bits per heavy atom. The van der Waals surface area contributed by atoms with Crippen LogP contribution in [-0.2, 0) is 0 Å². The zero-order valence-corrected chi connectivity index (χ0v) is 8.21. The lowest BCUT2D eigenvalue weighted by Gasteiger charge is -2.48. The van der Waals surface area contributed by atoms with Crippen molar-refractivity contribution in [3.63, 3.8) is 0 Å². The van der Waals surface area contributed by atoms with E-state index in [1.54, 1.807) is 0 Å². The van der Waals surface area contributed by atoms with Crippen molar-refractivity contribution in [2.75, 3.05) is 6.61 Å². The fraction of sp³-hybridized carbons (Fsp3) is 1.00. The highest BCUT2D eigenvalue weighted by Crippen LogP contribution is 2.49. The maximum Gasteiger partial charge on any atom is 0.0679 e. The third-order valence-electron chi connectivity index (χ3n) is 4.02. The Morgan fingerprint density at radius 2 is 1.85 bits per heavy atom.